The van der Waals surface area contributed by atoms with E-state index in [2.05, 4.69) is 9.97 Å². The molecule has 0 amide bonds. The number of carbonyl (C=O) groups is 1. The van der Waals surface area contributed by atoms with Gasteiger partial charge in [-0.15, -0.1) is 0 Å². The van der Waals surface area contributed by atoms with Crippen LogP contribution < -0.4 is 4.74 Å². The summed E-state index contributed by atoms with van der Waals surface area (Å²) in [5.41, 5.74) is 2.22. The number of carbonyl (C=O) groups excluding carboxylic acids is 1. The lowest BCUT2D eigenvalue weighted by Crippen LogP contribution is -2.04. The zero-order chi connectivity index (χ0) is 17.2. The quantitative estimate of drug-likeness (QED) is 0.531. The average Bonchev–Trinajstić information content (AvgIpc) is 2.97. The van der Waals surface area contributed by atoms with Gasteiger partial charge in [0.05, 0.1) is 29.4 Å². The van der Waals surface area contributed by atoms with E-state index in [1.807, 2.05) is 40.9 Å². The number of esters is 1. The van der Waals surface area contributed by atoms with E-state index in [9.17, 15) is 4.79 Å². The van der Waals surface area contributed by atoms with Crippen molar-refractivity contribution < 1.29 is 14.3 Å². The molecular formula is C19H15N3O3. The van der Waals surface area contributed by atoms with Crippen molar-refractivity contribution in [1.29, 1.82) is 0 Å². The number of benzene rings is 1. The van der Waals surface area contributed by atoms with Gasteiger partial charge in [0.25, 0.3) is 0 Å². The van der Waals surface area contributed by atoms with Gasteiger partial charge in [0.15, 0.2) is 0 Å². The standard InChI is InChI=1S/C19H15N3O3/c1-2-24-19(23)18-14-7-6-13(25-17-12-20-8-9-21-17)11-16(14)22-10-4-3-5-15(18)22/h3-12H,2H2,1H3. The summed E-state index contributed by atoms with van der Waals surface area (Å²) < 4.78 is 12.9. The molecule has 3 aromatic heterocycles. The zero-order valence-corrected chi connectivity index (χ0v) is 13.5. The summed E-state index contributed by atoms with van der Waals surface area (Å²) in [5, 5.41) is 0.816. The minimum absolute atomic E-state index is 0.330. The molecule has 0 saturated heterocycles. The minimum Gasteiger partial charge on any atom is -0.462 e. The summed E-state index contributed by atoms with van der Waals surface area (Å²) in [5.74, 6) is 0.698. The highest BCUT2D eigenvalue weighted by Gasteiger charge is 2.19. The lowest BCUT2D eigenvalue weighted by Gasteiger charge is -2.04. The van der Waals surface area contributed by atoms with Crippen molar-refractivity contribution in [3.8, 4) is 11.6 Å². The predicted octanol–water partition coefficient (Wildman–Crippen LogP) is 3.85. The Labute approximate surface area is 143 Å². The third kappa shape index (κ3) is 2.67. The molecule has 0 fully saturated rings. The Morgan fingerprint density at radius 3 is 2.88 bits per heavy atom. The van der Waals surface area contributed by atoms with Gasteiger partial charge in [-0.25, -0.2) is 9.78 Å². The van der Waals surface area contributed by atoms with Crippen molar-refractivity contribution in [1.82, 2.24) is 14.4 Å². The summed E-state index contributed by atoms with van der Waals surface area (Å²) in [6, 6.07) is 11.3. The molecule has 0 N–H and O–H groups in total. The molecule has 6 nitrogen and oxygen atoms in total. The number of pyridine rings is 1. The fourth-order valence-corrected chi connectivity index (χ4v) is 2.86. The van der Waals surface area contributed by atoms with E-state index >= 15 is 0 Å². The molecule has 3 heterocycles. The smallest absolute Gasteiger partial charge is 0.340 e. The van der Waals surface area contributed by atoms with E-state index in [-0.39, 0.29) is 5.97 Å². The van der Waals surface area contributed by atoms with E-state index in [1.54, 1.807) is 31.6 Å². The van der Waals surface area contributed by atoms with Gasteiger partial charge in [-0.3, -0.25) is 4.98 Å². The maximum absolute atomic E-state index is 12.4. The summed E-state index contributed by atoms with van der Waals surface area (Å²) >= 11 is 0. The Kier molecular flexibility index (Phi) is 3.78. The molecule has 124 valence electrons. The SMILES string of the molecule is CCOC(=O)c1c2ccc(Oc3cnccn3)cc2n2ccccc12. The highest BCUT2D eigenvalue weighted by Crippen LogP contribution is 2.31. The van der Waals surface area contributed by atoms with Crippen LogP contribution in [-0.4, -0.2) is 26.9 Å². The highest BCUT2D eigenvalue weighted by molar-refractivity contribution is 6.11. The third-order valence-corrected chi connectivity index (χ3v) is 3.86. The second kappa shape index (κ2) is 6.24. The number of rotatable bonds is 4. The van der Waals surface area contributed by atoms with Crippen LogP contribution in [0, 0.1) is 0 Å². The fourth-order valence-electron chi connectivity index (χ4n) is 2.86. The molecule has 0 saturated carbocycles. The van der Waals surface area contributed by atoms with Crippen LogP contribution in [0.2, 0.25) is 0 Å². The molecule has 4 rings (SSSR count). The van der Waals surface area contributed by atoms with Crippen LogP contribution in [0.25, 0.3) is 16.4 Å². The van der Waals surface area contributed by atoms with E-state index in [0.29, 0.717) is 23.8 Å². The minimum atomic E-state index is -0.330. The topological polar surface area (TPSA) is 65.7 Å². The van der Waals surface area contributed by atoms with Crippen molar-refractivity contribution >= 4 is 22.4 Å². The first-order chi connectivity index (χ1) is 12.3. The van der Waals surface area contributed by atoms with Gasteiger partial charge in [0, 0.05) is 30.0 Å². The first kappa shape index (κ1) is 15.1. The van der Waals surface area contributed by atoms with Gasteiger partial charge in [-0.05, 0) is 31.2 Å². The van der Waals surface area contributed by atoms with Crippen molar-refractivity contribution in [2.45, 2.75) is 6.92 Å². The highest BCUT2D eigenvalue weighted by atomic mass is 16.5. The van der Waals surface area contributed by atoms with Gasteiger partial charge in [-0.2, -0.15) is 0 Å². The van der Waals surface area contributed by atoms with Gasteiger partial charge in [0.2, 0.25) is 5.88 Å². The second-order valence-electron chi connectivity index (χ2n) is 5.38. The number of nitrogens with zero attached hydrogens (tertiary/aromatic N) is 3. The van der Waals surface area contributed by atoms with Gasteiger partial charge < -0.3 is 13.9 Å². The Morgan fingerprint density at radius 2 is 2.08 bits per heavy atom. The maximum Gasteiger partial charge on any atom is 0.340 e. The molecule has 0 aliphatic rings. The first-order valence-corrected chi connectivity index (χ1v) is 7.91. The van der Waals surface area contributed by atoms with Crippen LogP contribution in [0.4, 0.5) is 0 Å². The third-order valence-electron chi connectivity index (χ3n) is 3.86. The molecule has 6 heteroatoms. The summed E-state index contributed by atoms with van der Waals surface area (Å²) in [4.78, 5) is 20.5. The van der Waals surface area contributed by atoms with Crippen molar-refractivity contribution in [2.75, 3.05) is 6.61 Å². The van der Waals surface area contributed by atoms with Crippen LogP contribution in [-0.2, 0) is 4.74 Å². The Balaban J connectivity index is 1.88. The van der Waals surface area contributed by atoms with Gasteiger partial charge in [0.1, 0.15) is 5.75 Å². The summed E-state index contributed by atoms with van der Waals surface area (Å²) in [6.07, 6.45) is 6.61. The fraction of sp³-hybridized carbons (Fsp3) is 0.105. The number of aromatic nitrogens is 3. The molecule has 0 aliphatic heterocycles. The van der Waals surface area contributed by atoms with Crippen LogP contribution in [0.15, 0.2) is 61.2 Å². The lowest BCUT2D eigenvalue weighted by molar-refractivity contribution is 0.0531. The molecule has 0 radical (unpaired) electrons. The molecule has 0 bridgehead atoms. The Morgan fingerprint density at radius 1 is 1.16 bits per heavy atom. The number of ether oxygens (including phenoxy) is 2. The second-order valence-corrected chi connectivity index (χ2v) is 5.38. The van der Waals surface area contributed by atoms with Crippen molar-refractivity contribution in [2.24, 2.45) is 0 Å². The van der Waals surface area contributed by atoms with Crippen molar-refractivity contribution in [3.05, 3.63) is 66.7 Å². The molecule has 0 spiro atoms. The monoisotopic (exact) mass is 333 g/mol. The predicted molar refractivity (Wildman–Crippen MR) is 93.0 cm³/mol. The summed E-state index contributed by atoms with van der Waals surface area (Å²) in [6.45, 7) is 2.13. The zero-order valence-electron chi connectivity index (χ0n) is 13.5. The molecule has 0 atom stereocenters. The van der Waals surface area contributed by atoms with Crippen LogP contribution >= 0.6 is 0 Å². The van der Waals surface area contributed by atoms with E-state index in [1.165, 1.54) is 0 Å². The Hall–Kier alpha value is -3.41. The molecular weight excluding hydrogens is 318 g/mol. The normalized spacial score (nSPS) is 10.9. The lowest BCUT2D eigenvalue weighted by atomic mass is 10.1. The molecule has 1 aromatic carbocycles. The number of hydrogen-bond acceptors (Lipinski definition) is 5. The molecule has 25 heavy (non-hydrogen) atoms. The van der Waals surface area contributed by atoms with Crippen LogP contribution in [0.3, 0.4) is 0 Å². The van der Waals surface area contributed by atoms with Gasteiger partial charge >= 0.3 is 5.97 Å². The average molecular weight is 333 g/mol. The van der Waals surface area contributed by atoms with E-state index in [4.69, 9.17) is 9.47 Å². The molecule has 4 aromatic rings. The number of fused-ring (bicyclic) bond motifs is 3. The summed E-state index contributed by atoms with van der Waals surface area (Å²) in [7, 11) is 0. The molecule has 0 aliphatic carbocycles. The van der Waals surface area contributed by atoms with Crippen LogP contribution in [0.1, 0.15) is 17.3 Å². The maximum atomic E-state index is 12.4. The van der Waals surface area contributed by atoms with E-state index in [0.717, 1.165) is 16.4 Å². The largest absolute Gasteiger partial charge is 0.462 e. The van der Waals surface area contributed by atoms with Crippen molar-refractivity contribution in [3.63, 3.8) is 0 Å². The first-order valence-electron chi connectivity index (χ1n) is 7.91. The Bertz CT molecular complexity index is 1060. The van der Waals surface area contributed by atoms with Gasteiger partial charge in [-0.1, -0.05) is 6.07 Å². The molecule has 0 unspecified atom stereocenters. The van der Waals surface area contributed by atoms with E-state index < -0.39 is 0 Å². The number of hydrogen-bond donors (Lipinski definition) is 0. The van der Waals surface area contributed by atoms with Crippen LogP contribution in [0.5, 0.6) is 11.6 Å².